The Morgan fingerprint density at radius 1 is 0.889 bits per heavy atom. The van der Waals surface area contributed by atoms with E-state index in [0.29, 0.717) is 13.1 Å². The van der Waals surface area contributed by atoms with Crippen molar-refractivity contribution in [2.75, 3.05) is 13.6 Å². The molecule has 0 amide bonds. The summed E-state index contributed by atoms with van der Waals surface area (Å²) >= 11 is 0. The van der Waals surface area contributed by atoms with Crippen LogP contribution in [0.4, 0.5) is 0 Å². The number of likely N-dealkylation sites (N-methyl/N-ethyl adjacent to an activating group) is 1. The summed E-state index contributed by atoms with van der Waals surface area (Å²) in [6.45, 7) is 5.32. The number of aliphatic hydroxyl groups excluding tert-OH is 2. The fraction of sp³-hybridized carbons (Fsp3) is 0.400. The Balaban J connectivity index is 1.56. The third-order valence-electron chi connectivity index (χ3n) is 7.37. The molecule has 0 bridgehead atoms. The quantitative estimate of drug-likeness (QED) is 0.410. The average molecular weight is 491 g/mol. The molecule has 0 aromatic heterocycles. The van der Waals surface area contributed by atoms with Gasteiger partial charge in [0.15, 0.2) is 6.29 Å². The molecule has 4 rings (SSSR count). The minimum Gasteiger partial charge on any atom is -0.392 e. The summed E-state index contributed by atoms with van der Waals surface area (Å²) in [7, 11) is 2.03. The van der Waals surface area contributed by atoms with Crippen LogP contribution in [0.25, 0.3) is 0 Å². The highest BCUT2D eigenvalue weighted by Gasteiger charge is 2.39. The summed E-state index contributed by atoms with van der Waals surface area (Å²) in [6, 6.07) is 25.6. The van der Waals surface area contributed by atoms with Crippen molar-refractivity contribution in [1.29, 1.82) is 0 Å². The molecule has 3 aromatic carbocycles. The van der Waals surface area contributed by atoms with Gasteiger partial charge in [0.1, 0.15) is 0 Å². The molecule has 192 valence electrons. The molecule has 1 aliphatic heterocycles. The number of hydrogen-bond acceptors (Lipinski definition) is 6. The van der Waals surface area contributed by atoms with Crippen molar-refractivity contribution in [1.82, 2.24) is 4.90 Å². The molecule has 4 N–H and O–H groups in total. The lowest BCUT2D eigenvalue weighted by Gasteiger charge is -2.43. The van der Waals surface area contributed by atoms with Gasteiger partial charge in [-0.05, 0) is 36.2 Å². The summed E-state index contributed by atoms with van der Waals surface area (Å²) in [5, 5.41) is 20.4. The summed E-state index contributed by atoms with van der Waals surface area (Å²) in [5.41, 5.74) is 10.6. The Morgan fingerprint density at radius 2 is 1.50 bits per heavy atom. The number of rotatable bonds is 9. The van der Waals surface area contributed by atoms with Crippen LogP contribution in [0.15, 0.2) is 78.9 Å². The van der Waals surface area contributed by atoms with E-state index < -0.39 is 12.4 Å². The van der Waals surface area contributed by atoms with E-state index in [1.165, 1.54) is 0 Å². The van der Waals surface area contributed by atoms with Crippen LogP contribution in [-0.4, -0.2) is 40.9 Å². The van der Waals surface area contributed by atoms with Crippen LogP contribution < -0.4 is 5.73 Å². The van der Waals surface area contributed by atoms with E-state index in [2.05, 4.69) is 11.8 Å². The SMILES string of the molecule is C[C@H]1[C@@H](CN(C)[C@@H](C)[C@H](O)c2ccccc2)O[C@@H](c2ccc(CN)cc2)O[C@H]1c1ccc(CO)cc1. The number of hydrogen-bond donors (Lipinski definition) is 3. The molecule has 1 fully saturated rings. The molecule has 3 aromatic rings. The van der Waals surface area contributed by atoms with Crippen molar-refractivity contribution in [3.05, 3.63) is 107 Å². The van der Waals surface area contributed by atoms with Gasteiger partial charge in [0.25, 0.3) is 0 Å². The van der Waals surface area contributed by atoms with E-state index in [1.807, 2.05) is 92.8 Å². The maximum absolute atomic E-state index is 11.0. The van der Waals surface area contributed by atoms with Gasteiger partial charge in [-0.15, -0.1) is 0 Å². The van der Waals surface area contributed by atoms with Crippen molar-refractivity contribution < 1.29 is 19.7 Å². The number of benzene rings is 3. The fourth-order valence-electron chi connectivity index (χ4n) is 4.76. The van der Waals surface area contributed by atoms with Gasteiger partial charge in [-0.3, -0.25) is 4.90 Å². The van der Waals surface area contributed by atoms with E-state index in [9.17, 15) is 10.2 Å². The summed E-state index contributed by atoms with van der Waals surface area (Å²) < 4.78 is 13.1. The van der Waals surface area contributed by atoms with Crippen molar-refractivity contribution in [2.45, 2.75) is 57.6 Å². The second-order valence-electron chi connectivity index (χ2n) is 9.80. The zero-order valence-corrected chi connectivity index (χ0v) is 21.3. The summed E-state index contributed by atoms with van der Waals surface area (Å²) in [6.07, 6.45) is -1.44. The van der Waals surface area contributed by atoms with E-state index in [0.717, 1.165) is 27.8 Å². The largest absolute Gasteiger partial charge is 0.392 e. The van der Waals surface area contributed by atoms with E-state index in [-0.39, 0.29) is 30.8 Å². The summed E-state index contributed by atoms with van der Waals surface area (Å²) in [5.74, 6) is 0.0630. The Morgan fingerprint density at radius 3 is 2.11 bits per heavy atom. The Kier molecular flexibility index (Phi) is 8.90. The maximum Gasteiger partial charge on any atom is 0.184 e. The van der Waals surface area contributed by atoms with E-state index in [1.54, 1.807) is 0 Å². The normalized spacial score (nSPS) is 24.0. The maximum atomic E-state index is 11.0. The van der Waals surface area contributed by atoms with Crippen molar-refractivity contribution in [2.24, 2.45) is 11.7 Å². The van der Waals surface area contributed by atoms with E-state index in [4.69, 9.17) is 15.2 Å². The van der Waals surface area contributed by atoms with Crippen LogP contribution in [-0.2, 0) is 22.6 Å². The predicted octanol–water partition coefficient (Wildman–Crippen LogP) is 4.48. The molecule has 6 heteroatoms. The molecule has 0 aliphatic carbocycles. The van der Waals surface area contributed by atoms with Gasteiger partial charge in [-0.2, -0.15) is 0 Å². The Hall–Kier alpha value is -2.58. The van der Waals surface area contributed by atoms with Gasteiger partial charge < -0.3 is 25.4 Å². The molecule has 6 atom stereocenters. The van der Waals surface area contributed by atoms with Crippen LogP contribution in [0.2, 0.25) is 0 Å². The van der Waals surface area contributed by atoms with Crippen LogP contribution in [0, 0.1) is 5.92 Å². The molecule has 6 nitrogen and oxygen atoms in total. The molecule has 0 unspecified atom stereocenters. The van der Waals surface area contributed by atoms with Crippen LogP contribution in [0.3, 0.4) is 0 Å². The first kappa shape index (κ1) is 26.5. The fourth-order valence-corrected chi connectivity index (χ4v) is 4.76. The van der Waals surface area contributed by atoms with Crippen LogP contribution >= 0.6 is 0 Å². The topological polar surface area (TPSA) is 88.2 Å². The molecule has 0 saturated carbocycles. The minimum atomic E-state index is -0.604. The molecule has 0 radical (unpaired) electrons. The third-order valence-corrected chi connectivity index (χ3v) is 7.37. The predicted molar refractivity (Wildman–Crippen MR) is 141 cm³/mol. The number of nitrogens with zero attached hydrogens (tertiary/aromatic N) is 1. The first-order valence-electron chi connectivity index (χ1n) is 12.6. The number of ether oxygens (including phenoxy) is 2. The monoisotopic (exact) mass is 490 g/mol. The molecular formula is C30H38N2O4. The van der Waals surface area contributed by atoms with Crippen LogP contribution in [0.1, 0.15) is 60.2 Å². The van der Waals surface area contributed by atoms with Gasteiger partial charge in [0, 0.05) is 30.6 Å². The van der Waals surface area contributed by atoms with Crippen molar-refractivity contribution >= 4 is 0 Å². The highest BCUT2D eigenvalue weighted by atomic mass is 16.7. The Bertz CT molecular complexity index is 1070. The second-order valence-corrected chi connectivity index (χ2v) is 9.80. The number of nitrogens with two attached hydrogens (primary N) is 1. The minimum absolute atomic E-state index is 0.00956. The smallest absolute Gasteiger partial charge is 0.184 e. The highest BCUT2D eigenvalue weighted by molar-refractivity contribution is 5.27. The Labute approximate surface area is 214 Å². The number of aliphatic hydroxyl groups is 2. The standard InChI is InChI=1S/C30H38N2O4/c1-20-27(18-32(3)21(2)28(34)24-7-5-4-6-8-24)35-30(26-15-9-22(17-31)10-16-26)36-29(20)25-13-11-23(19-33)12-14-25/h4-16,20-21,27-30,33-34H,17-19,31H2,1-3H3/t20-,21-,27+,28-,29+,30+/m0/s1. The lowest BCUT2D eigenvalue weighted by atomic mass is 9.89. The molecule has 1 heterocycles. The molecule has 1 aliphatic rings. The van der Waals surface area contributed by atoms with Gasteiger partial charge in [-0.25, -0.2) is 0 Å². The summed E-state index contributed by atoms with van der Waals surface area (Å²) in [4.78, 5) is 2.16. The van der Waals surface area contributed by atoms with Gasteiger partial charge in [-0.1, -0.05) is 85.8 Å². The van der Waals surface area contributed by atoms with Crippen molar-refractivity contribution in [3.8, 4) is 0 Å². The lowest BCUT2D eigenvalue weighted by Crippen LogP contribution is -2.46. The van der Waals surface area contributed by atoms with Crippen molar-refractivity contribution in [3.63, 3.8) is 0 Å². The van der Waals surface area contributed by atoms with Crippen LogP contribution in [0.5, 0.6) is 0 Å². The van der Waals surface area contributed by atoms with Gasteiger partial charge >= 0.3 is 0 Å². The molecular weight excluding hydrogens is 452 g/mol. The zero-order chi connectivity index (χ0) is 25.7. The van der Waals surface area contributed by atoms with Gasteiger partial charge in [0.05, 0.1) is 24.9 Å². The first-order valence-corrected chi connectivity index (χ1v) is 12.6. The molecule has 1 saturated heterocycles. The second kappa shape index (κ2) is 12.1. The zero-order valence-electron chi connectivity index (χ0n) is 21.3. The highest BCUT2D eigenvalue weighted by Crippen LogP contribution is 2.42. The lowest BCUT2D eigenvalue weighted by molar-refractivity contribution is -0.276. The van der Waals surface area contributed by atoms with Gasteiger partial charge in [0.2, 0.25) is 0 Å². The van der Waals surface area contributed by atoms with E-state index >= 15 is 0 Å². The molecule has 0 spiro atoms. The first-order chi connectivity index (χ1) is 17.4. The third kappa shape index (κ3) is 6.03. The average Bonchev–Trinajstić information content (AvgIpc) is 2.93. The molecule has 36 heavy (non-hydrogen) atoms.